The fourth-order valence-corrected chi connectivity index (χ4v) is 6.56. The van der Waals surface area contributed by atoms with Crippen LogP contribution in [0.1, 0.15) is 75.2 Å². The first-order valence-corrected chi connectivity index (χ1v) is 13.7. The standard InChI is InChI=1S/C28H24Cl2N2O4S/c1-14-4-3-5-20(29)23(14)24-18(25(36-32-24)15-6-7-15)13-35-16-8-9-17(21(30)10-16)19-11-28(19,2)27-31-12-22(37-27)26(33)34/h3-5,8-10,12,15,19H,6-7,11,13H2,1-2H3,(H,33,34). The summed E-state index contributed by atoms with van der Waals surface area (Å²) >= 11 is 14.5. The molecule has 37 heavy (non-hydrogen) atoms. The summed E-state index contributed by atoms with van der Waals surface area (Å²) in [5, 5.41) is 15.7. The lowest BCUT2D eigenvalue weighted by molar-refractivity contribution is 0.0702. The molecule has 1 N–H and O–H groups in total. The number of halogens is 2. The fourth-order valence-electron chi connectivity index (χ4n) is 4.98. The molecule has 2 saturated carbocycles. The van der Waals surface area contributed by atoms with Gasteiger partial charge in [-0.05, 0) is 61.4 Å². The molecular weight excluding hydrogens is 531 g/mol. The molecule has 0 radical (unpaired) electrons. The summed E-state index contributed by atoms with van der Waals surface area (Å²) in [6.45, 7) is 4.41. The Hall–Kier alpha value is -2.87. The first-order chi connectivity index (χ1) is 17.8. The van der Waals surface area contributed by atoms with Crippen molar-refractivity contribution < 1.29 is 19.2 Å². The summed E-state index contributed by atoms with van der Waals surface area (Å²) < 4.78 is 12.0. The molecule has 6 rings (SSSR count). The van der Waals surface area contributed by atoms with Gasteiger partial charge in [-0.2, -0.15) is 0 Å². The third kappa shape index (κ3) is 4.43. The lowest BCUT2D eigenvalue weighted by atomic mass is 10.0. The van der Waals surface area contributed by atoms with E-state index in [9.17, 15) is 9.90 Å². The number of nitrogens with zero attached hydrogens (tertiary/aromatic N) is 2. The van der Waals surface area contributed by atoms with Crippen molar-refractivity contribution in [3.8, 4) is 17.0 Å². The Labute approximate surface area is 228 Å². The van der Waals surface area contributed by atoms with Crippen molar-refractivity contribution in [1.29, 1.82) is 0 Å². The Balaban J connectivity index is 1.22. The number of hydrogen-bond donors (Lipinski definition) is 1. The second kappa shape index (κ2) is 9.15. The third-order valence-electron chi connectivity index (χ3n) is 7.40. The minimum absolute atomic E-state index is 0.177. The quantitative estimate of drug-likeness (QED) is 0.237. The van der Waals surface area contributed by atoms with Gasteiger partial charge in [-0.25, -0.2) is 9.78 Å². The third-order valence-corrected chi connectivity index (χ3v) is 9.31. The lowest BCUT2D eigenvalue weighted by Gasteiger charge is -2.13. The Bertz CT molecular complexity index is 1510. The molecule has 0 spiro atoms. The number of ether oxygens (including phenoxy) is 1. The molecule has 9 heteroatoms. The van der Waals surface area contributed by atoms with Crippen LogP contribution in [0.25, 0.3) is 11.3 Å². The molecular formula is C28H24Cl2N2O4S. The van der Waals surface area contributed by atoms with Gasteiger partial charge in [0.1, 0.15) is 28.7 Å². The number of carbonyl (C=O) groups is 1. The van der Waals surface area contributed by atoms with Gasteiger partial charge in [0.05, 0.1) is 21.8 Å². The second-order valence-corrected chi connectivity index (χ2v) is 11.9. The summed E-state index contributed by atoms with van der Waals surface area (Å²) in [5.74, 6) is 1.12. The van der Waals surface area contributed by atoms with E-state index in [2.05, 4.69) is 17.1 Å². The van der Waals surface area contributed by atoms with Crippen molar-refractivity contribution in [3.05, 3.63) is 85.0 Å². The smallest absolute Gasteiger partial charge is 0.347 e. The number of hydrogen-bond acceptors (Lipinski definition) is 6. The molecule has 0 bridgehead atoms. The van der Waals surface area contributed by atoms with E-state index in [-0.39, 0.29) is 16.2 Å². The van der Waals surface area contributed by atoms with E-state index in [1.165, 1.54) is 17.5 Å². The molecule has 2 fully saturated rings. The second-order valence-electron chi connectivity index (χ2n) is 10.1. The maximum Gasteiger partial charge on any atom is 0.347 e. The molecule has 4 aromatic rings. The van der Waals surface area contributed by atoms with Crippen molar-refractivity contribution in [2.24, 2.45) is 0 Å². The molecule has 0 amide bonds. The summed E-state index contributed by atoms with van der Waals surface area (Å²) in [7, 11) is 0. The summed E-state index contributed by atoms with van der Waals surface area (Å²) in [6.07, 6.45) is 4.46. The largest absolute Gasteiger partial charge is 0.489 e. The van der Waals surface area contributed by atoms with Crippen molar-refractivity contribution in [2.45, 2.75) is 57.0 Å². The van der Waals surface area contributed by atoms with E-state index in [1.807, 2.05) is 43.3 Å². The van der Waals surface area contributed by atoms with E-state index < -0.39 is 5.97 Å². The normalized spacial score (nSPS) is 20.7. The topological polar surface area (TPSA) is 85.5 Å². The first kappa shape index (κ1) is 24.5. The molecule has 2 aromatic heterocycles. The highest BCUT2D eigenvalue weighted by molar-refractivity contribution is 7.13. The number of rotatable bonds is 8. The molecule has 0 aliphatic heterocycles. The molecule has 190 valence electrons. The van der Waals surface area contributed by atoms with Gasteiger partial charge >= 0.3 is 5.97 Å². The van der Waals surface area contributed by atoms with Crippen LogP contribution in [-0.2, 0) is 12.0 Å². The Morgan fingerprint density at radius 3 is 2.73 bits per heavy atom. The van der Waals surface area contributed by atoms with Crippen molar-refractivity contribution >= 4 is 40.5 Å². The van der Waals surface area contributed by atoms with E-state index in [4.69, 9.17) is 32.5 Å². The van der Waals surface area contributed by atoms with Crippen molar-refractivity contribution in [1.82, 2.24) is 10.1 Å². The van der Waals surface area contributed by atoms with Gasteiger partial charge in [-0.15, -0.1) is 11.3 Å². The van der Waals surface area contributed by atoms with Crippen LogP contribution < -0.4 is 4.74 Å². The maximum absolute atomic E-state index is 11.3. The molecule has 2 aromatic carbocycles. The van der Waals surface area contributed by atoms with Gasteiger partial charge in [-0.3, -0.25) is 0 Å². The number of thiazole rings is 1. The highest BCUT2D eigenvalue weighted by atomic mass is 35.5. The maximum atomic E-state index is 11.3. The Morgan fingerprint density at radius 2 is 2.05 bits per heavy atom. The van der Waals surface area contributed by atoms with Crippen LogP contribution >= 0.6 is 34.5 Å². The molecule has 2 atom stereocenters. The van der Waals surface area contributed by atoms with Gasteiger partial charge in [0.25, 0.3) is 0 Å². The molecule has 2 unspecified atom stereocenters. The highest BCUT2D eigenvalue weighted by Gasteiger charge is 2.55. The SMILES string of the molecule is Cc1cccc(Cl)c1-c1noc(C2CC2)c1COc1ccc(C2CC2(C)c2ncc(C(=O)O)s2)c(Cl)c1. The van der Waals surface area contributed by atoms with E-state index in [1.54, 1.807) is 0 Å². The van der Waals surface area contributed by atoms with Crippen LogP contribution in [-0.4, -0.2) is 21.2 Å². The van der Waals surface area contributed by atoms with Crippen LogP contribution in [0.5, 0.6) is 5.75 Å². The van der Waals surface area contributed by atoms with Crippen molar-refractivity contribution in [3.63, 3.8) is 0 Å². The van der Waals surface area contributed by atoms with Crippen LogP contribution in [0.2, 0.25) is 10.0 Å². The number of aryl methyl sites for hydroxylation is 1. The van der Waals surface area contributed by atoms with Crippen LogP contribution in [0.3, 0.4) is 0 Å². The predicted molar refractivity (Wildman–Crippen MR) is 143 cm³/mol. The average Bonchev–Trinajstić information content (AvgIpc) is 3.70. The van der Waals surface area contributed by atoms with Gasteiger partial charge in [0.2, 0.25) is 0 Å². The van der Waals surface area contributed by atoms with E-state index >= 15 is 0 Å². The zero-order valence-electron chi connectivity index (χ0n) is 20.3. The summed E-state index contributed by atoms with van der Waals surface area (Å²) in [5.41, 5.74) is 4.35. The van der Waals surface area contributed by atoms with Gasteiger partial charge in [0.15, 0.2) is 0 Å². The van der Waals surface area contributed by atoms with Crippen molar-refractivity contribution in [2.75, 3.05) is 0 Å². The molecule has 6 nitrogen and oxygen atoms in total. The first-order valence-electron chi connectivity index (χ1n) is 12.1. The highest BCUT2D eigenvalue weighted by Crippen LogP contribution is 2.62. The van der Waals surface area contributed by atoms with Crippen LogP contribution in [0.15, 0.2) is 47.1 Å². The van der Waals surface area contributed by atoms with Crippen LogP contribution in [0, 0.1) is 6.92 Å². The number of carboxylic acid groups (broad SMARTS) is 1. The van der Waals surface area contributed by atoms with E-state index in [0.717, 1.165) is 58.0 Å². The molecule has 2 aliphatic rings. The number of aromatic carboxylic acids is 1. The Kier molecular flexibility index (Phi) is 6.05. The summed E-state index contributed by atoms with van der Waals surface area (Å²) in [6, 6.07) is 11.6. The lowest BCUT2D eigenvalue weighted by Crippen LogP contribution is -2.04. The number of aromatic nitrogens is 2. The number of benzene rings is 2. The Morgan fingerprint density at radius 1 is 1.24 bits per heavy atom. The van der Waals surface area contributed by atoms with Gasteiger partial charge in [-0.1, -0.05) is 53.5 Å². The minimum atomic E-state index is -0.949. The minimum Gasteiger partial charge on any atom is -0.489 e. The zero-order valence-corrected chi connectivity index (χ0v) is 22.6. The average molecular weight is 555 g/mol. The van der Waals surface area contributed by atoms with Crippen LogP contribution in [0.4, 0.5) is 0 Å². The molecule has 0 saturated heterocycles. The predicted octanol–water partition coefficient (Wildman–Crippen LogP) is 8.01. The summed E-state index contributed by atoms with van der Waals surface area (Å²) in [4.78, 5) is 15.9. The molecule has 2 aliphatic carbocycles. The zero-order chi connectivity index (χ0) is 25.9. The van der Waals surface area contributed by atoms with Gasteiger partial charge < -0.3 is 14.4 Å². The monoisotopic (exact) mass is 554 g/mol. The van der Waals surface area contributed by atoms with Gasteiger partial charge in [0, 0.05) is 21.9 Å². The van der Waals surface area contributed by atoms with E-state index in [0.29, 0.717) is 28.3 Å². The fraction of sp³-hybridized carbons (Fsp3) is 0.321. The molecule has 2 heterocycles. The number of carboxylic acids is 1.